The standard InChI is InChI=1S/C18H22N4O2S/c1-10-2-4-22(10)18-19-14-3-5-25-16(14)17(20-18)21-8-11-6-12(9-21)13(11)7-15(23)24/h3,5,10-13H,2,4,6-9H2,1H3,(H,23,24)/t10-,11-,12+,13?/m0/s1. The van der Waals surface area contributed by atoms with E-state index in [-0.39, 0.29) is 0 Å². The molecule has 2 aromatic rings. The van der Waals surface area contributed by atoms with Crippen molar-refractivity contribution < 1.29 is 9.90 Å². The van der Waals surface area contributed by atoms with Crippen molar-refractivity contribution in [2.24, 2.45) is 17.8 Å². The van der Waals surface area contributed by atoms with Crippen molar-refractivity contribution in [3.63, 3.8) is 0 Å². The summed E-state index contributed by atoms with van der Waals surface area (Å²) >= 11 is 1.70. The van der Waals surface area contributed by atoms with E-state index < -0.39 is 5.97 Å². The normalized spacial score (nSPS) is 30.9. The predicted octanol–water partition coefficient (Wildman–Crippen LogP) is 2.84. The number of carboxylic acids is 1. The van der Waals surface area contributed by atoms with Crippen molar-refractivity contribution in [2.45, 2.75) is 32.2 Å². The van der Waals surface area contributed by atoms with Crippen molar-refractivity contribution in [2.75, 3.05) is 29.4 Å². The maximum Gasteiger partial charge on any atom is 0.303 e. The molecule has 4 aliphatic rings. The van der Waals surface area contributed by atoms with E-state index in [0.29, 0.717) is 30.2 Å². The fourth-order valence-electron chi connectivity index (χ4n) is 4.69. The Balaban J connectivity index is 1.45. The summed E-state index contributed by atoms with van der Waals surface area (Å²) in [5.41, 5.74) is 1.03. The highest BCUT2D eigenvalue weighted by atomic mass is 32.1. The van der Waals surface area contributed by atoms with E-state index in [1.54, 1.807) is 11.3 Å². The Morgan fingerprint density at radius 2 is 2.16 bits per heavy atom. The number of aliphatic carboxylic acids is 1. The van der Waals surface area contributed by atoms with Crippen LogP contribution in [0.2, 0.25) is 0 Å². The lowest BCUT2D eigenvalue weighted by Crippen LogP contribution is -2.56. The van der Waals surface area contributed by atoms with Crippen LogP contribution in [0.1, 0.15) is 26.2 Å². The summed E-state index contributed by atoms with van der Waals surface area (Å²) in [6.07, 6.45) is 2.69. The van der Waals surface area contributed by atoms with Gasteiger partial charge in [0, 0.05) is 32.1 Å². The van der Waals surface area contributed by atoms with Gasteiger partial charge in [0.15, 0.2) is 5.82 Å². The summed E-state index contributed by atoms with van der Waals surface area (Å²) in [6, 6.07) is 2.59. The number of aromatic nitrogens is 2. The molecule has 1 unspecified atom stereocenters. The Hall–Kier alpha value is -1.89. The van der Waals surface area contributed by atoms with Crippen LogP contribution >= 0.6 is 11.3 Å². The van der Waals surface area contributed by atoms with Crippen LogP contribution in [0.15, 0.2) is 11.4 Å². The van der Waals surface area contributed by atoms with Gasteiger partial charge >= 0.3 is 5.97 Å². The minimum atomic E-state index is -0.662. The lowest BCUT2D eigenvalue weighted by Gasteiger charge is -2.53. The molecule has 5 heterocycles. The van der Waals surface area contributed by atoms with Crippen LogP contribution in [0.25, 0.3) is 10.2 Å². The molecule has 132 valence electrons. The molecule has 1 saturated carbocycles. The van der Waals surface area contributed by atoms with E-state index in [1.807, 2.05) is 0 Å². The maximum absolute atomic E-state index is 11.1. The molecule has 4 fully saturated rings. The van der Waals surface area contributed by atoms with Crippen molar-refractivity contribution >= 4 is 39.3 Å². The third-order valence-corrected chi connectivity index (χ3v) is 7.19. The van der Waals surface area contributed by atoms with Crippen LogP contribution in [0.5, 0.6) is 0 Å². The van der Waals surface area contributed by atoms with Gasteiger partial charge in [-0.1, -0.05) is 0 Å². The number of hydrogen-bond donors (Lipinski definition) is 1. The number of carbonyl (C=O) groups is 1. The molecule has 0 aromatic carbocycles. The number of nitrogens with zero attached hydrogens (tertiary/aromatic N) is 4. The van der Waals surface area contributed by atoms with Crippen LogP contribution in [0.3, 0.4) is 0 Å². The van der Waals surface area contributed by atoms with Gasteiger partial charge in [-0.15, -0.1) is 11.3 Å². The summed E-state index contributed by atoms with van der Waals surface area (Å²) < 4.78 is 1.16. The smallest absolute Gasteiger partial charge is 0.303 e. The van der Waals surface area contributed by atoms with Gasteiger partial charge < -0.3 is 14.9 Å². The molecule has 1 N–H and O–H groups in total. The molecule has 2 bridgehead atoms. The van der Waals surface area contributed by atoms with E-state index in [0.717, 1.165) is 41.6 Å². The summed E-state index contributed by atoms with van der Waals surface area (Å²) in [6.45, 7) is 5.10. The molecule has 2 aromatic heterocycles. The number of piperidine rings is 2. The number of fused-ring (bicyclic) bond motifs is 3. The number of rotatable bonds is 4. The third-order valence-electron chi connectivity index (χ3n) is 6.29. The molecule has 7 heteroatoms. The molecular formula is C18H22N4O2S. The topological polar surface area (TPSA) is 69.6 Å². The van der Waals surface area contributed by atoms with Crippen LogP contribution in [-0.2, 0) is 4.79 Å². The fraction of sp³-hybridized carbons (Fsp3) is 0.611. The summed E-state index contributed by atoms with van der Waals surface area (Å²) in [7, 11) is 0. The van der Waals surface area contributed by atoms with Crippen molar-refractivity contribution in [1.29, 1.82) is 0 Å². The molecule has 3 saturated heterocycles. The maximum atomic E-state index is 11.1. The van der Waals surface area contributed by atoms with Crippen molar-refractivity contribution in [3.05, 3.63) is 11.4 Å². The van der Waals surface area contributed by atoms with Gasteiger partial charge in [-0.25, -0.2) is 4.98 Å². The first-order valence-corrected chi connectivity index (χ1v) is 9.96. The zero-order valence-corrected chi connectivity index (χ0v) is 15.1. The molecule has 0 amide bonds. The third kappa shape index (κ3) is 2.39. The average Bonchev–Trinajstić information content (AvgIpc) is 3.06. The molecule has 0 spiro atoms. The predicted molar refractivity (Wildman–Crippen MR) is 98.4 cm³/mol. The minimum absolute atomic E-state index is 0.317. The van der Waals surface area contributed by atoms with Gasteiger partial charge in [0.1, 0.15) is 0 Å². The molecule has 4 atom stereocenters. The first kappa shape index (κ1) is 15.4. The SMILES string of the molecule is C[C@H]1CCN1c1nc(N2C[C@H]3C[C@@H](C2)C3CC(=O)O)c2sccc2n1. The highest BCUT2D eigenvalue weighted by Gasteiger charge is 2.48. The monoisotopic (exact) mass is 358 g/mol. The highest BCUT2D eigenvalue weighted by Crippen LogP contribution is 2.49. The summed E-state index contributed by atoms with van der Waals surface area (Å²) in [5.74, 6) is 2.57. The van der Waals surface area contributed by atoms with Crippen molar-refractivity contribution in [3.8, 4) is 0 Å². The van der Waals surface area contributed by atoms with E-state index in [1.165, 1.54) is 12.8 Å². The Morgan fingerprint density at radius 1 is 1.36 bits per heavy atom. The lowest BCUT2D eigenvalue weighted by molar-refractivity contribution is -0.141. The van der Waals surface area contributed by atoms with Gasteiger partial charge in [-0.3, -0.25) is 4.79 Å². The average molecular weight is 358 g/mol. The van der Waals surface area contributed by atoms with E-state index in [9.17, 15) is 4.79 Å². The molecule has 6 nitrogen and oxygen atoms in total. The Kier molecular flexibility index (Phi) is 3.42. The van der Waals surface area contributed by atoms with Gasteiger partial charge in [-0.2, -0.15) is 4.98 Å². The Labute approximate surface area is 150 Å². The summed E-state index contributed by atoms with van der Waals surface area (Å²) in [5, 5.41) is 11.2. The lowest BCUT2D eigenvalue weighted by atomic mass is 9.60. The fourth-order valence-corrected chi connectivity index (χ4v) is 5.54. The number of thiophene rings is 1. The second kappa shape index (κ2) is 5.56. The number of hydrogen-bond acceptors (Lipinski definition) is 6. The first-order valence-electron chi connectivity index (χ1n) is 9.09. The Morgan fingerprint density at radius 3 is 2.80 bits per heavy atom. The largest absolute Gasteiger partial charge is 0.481 e. The zero-order valence-electron chi connectivity index (χ0n) is 14.3. The zero-order chi connectivity index (χ0) is 17.1. The first-order chi connectivity index (χ1) is 12.1. The second-order valence-electron chi connectivity index (χ2n) is 7.74. The second-order valence-corrected chi connectivity index (χ2v) is 8.65. The molecule has 25 heavy (non-hydrogen) atoms. The highest BCUT2D eigenvalue weighted by molar-refractivity contribution is 7.17. The van der Waals surface area contributed by atoms with Gasteiger partial charge in [0.2, 0.25) is 5.95 Å². The quantitative estimate of drug-likeness (QED) is 0.906. The van der Waals surface area contributed by atoms with Crippen LogP contribution in [0, 0.1) is 17.8 Å². The minimum Gasteiger partial charge on any atom is -0.481 e. The van der Waals surface area contributed by atoms with Gasteiger partial charge in [0.25, 0.3) is 0 Å². The molecule has 3 aliphatic heterocycles. The van der Waals surface area contributed by atoms with E-state index in [4.69, 9.17) is 15.1 Å². The number of anilines is 2. The van der Waals surface area contributed by atoms with Crippen LogP contribution < -0.4 is 9.80 Å². The van der Waals surface area contributed by atoms with Gasteiger partial charge in [0.05, 0.1) is 10.2 Å². The number of carboxylic acid groups (broad SMARTS) is 1. The van der Waals surface area contributed by atoms with Crippen molar-refractivity contribution in [1.82, 2.24) is 9.97 Å². The van der Waals surface area contributed by atoms with Gasteiger partial charge in [-0.05, 0) is 49.0 Å². The van der Waals surface area contributed by atoms with E-state index >= 15 is 0 Å². The molecule has 0 radical (unpaired) electrons. The van der Waals surface area contributed by atoms with Crippen LogP contribution in [-0.4, -0.2) is 46.7 Å². The van der Waals surface area contributed by atoms with Crippen LogP contribution in [0.4, 0.5) is 11.8 Å². The Bertz CT molecular complexity index is 826. The summed E-state index contributed by atoms with van der Waals surface area (Å²) in [4.78, 5) is 25.4. The molecular weight excluding hydrogens is 336 g/mol. The molecule has 1 aliphatic carbocycles. The van der Waals surface area contributed by atoms with E-state index in [2.05, 4.69) is 28.2 Å². The molecule has 6 rings (SSSR count).